The van der Waals surface area contributed by atoms with Crippen molar-refractivity contribution in [2.75, 3.05) is 13.2 Å². The Balaban J connectivity index is 2.58. The maximum Gasteiger partial charge on any atom is 0.292 e. The summed E-state index contributed by atoms with van der Waals surface area (Å²) in [6, 6.07) is 6.84. The van der Waals surface area contributed by atoms with Crippen LogP contribution >= 0.6 is 0 Å². The van der Waals surface area contributed by atoms with Gasteiger partial charge in [-0.3, -0.25) is 9.59 Å². The van der Waals surface area contributed by atoms with Crippen molar-refractivity contribution < 1.29 is 14.7 Å². The summed E-state index contributed by atoms with van der Waals surface area (Å²) in [7, 11) is 0. The molecule has 0 aromatic heterocycles. The summed E-state index contributed by atoms with van der Waals surface area (Å²) in [5.41, 5.74) is 1.42. The lowest BCUT2D eigenvalue weighted by atomic mass is 10.1. The summed E-state index contributed by atoms with van der Waals surface area (Å²) in [6.45, 7) is 3.99. The van der Waals surface area contributed by atoms with Crippen molar-refractivity contribution >= 4 is 11.7 Å². The van der Waals surface area contributed by atoms with Gasteiger partial charge in [-0.05, 0) is 12.8 Å². The molecule has 1 unspecified atom stereocenters. The molecule has 0 spiro atoms. The number of nitrogens with one attached hydrogen (secondary N) is 1. The third-order valence-electron chi connectivity index (χ3n) is 2.44. The molecule has 1 amide bonds. The molecule has 92 valence electrons. The van der Waals surface area contributed by atoms with E-state index in [1.54, 1.807) is 31.2 Å². The van der Waals surface area contributed by atoms with E-state index in [9.17, 15) is 9.59 Å². The summed E-state index contributed by atoms with van der Waals surface area (Å²) >= 11 is 0. The van der Waals surface area contributed by atoms with Crippen molar-refractivity contribution in [2.24, 2.45) is 5.92 Å². The molecular formula is C13H17NO3. The summed E-state index contributed by atoms with van der Waals surface area (Å²) in [5.74, 6) is -1.23. The van der Waals surface area contributed by atoms with E-state index >= 15 is 0 Å². The lowest BCUT2D eigenvalue weighted by molar-refractivity contribution is -0.117. The topological polar surface area (TPSA) is 66.4 Å². The van der Waals surface area contributed by atoms with E-state index in [0.717, 1.165) is 5.56 Å². The average molecular weight is 235 g/mol. The molecule has 0 aliphatic carbocycles. The van der Waals surface area contributed by atoms with Crippen molar-refractivity contribution in [2.45, 2.75) is 13.8 Å². The second kappa shape index (κ2) is 6.15. The first-order valence-electron chi connectivity index (χ1n) is 5.54. The zero-order valence-electron chi connectivity index (χ0n) is 10.1. The molecule has 0 aliphatic heterocycles. The summed E-state index contributed by atoms with van der Waals surface area (Å²) in [6.07, 6.45) is 0. The minimum Gasteiger partial charge on any atom is -0.396 e. The van der Waals surface area contributed by atoms with E-state index in [2.05, 4.69) is 5.32 Å². The van der Waals surface area contributed by atoms with Gasteiger partial charge in [-0.15, -0.1) is 0 Å². The predicted octanol–water partition coefficient (Wildman–Crippen LogP) is 0.922. The van der Waals surface area contributed by atoms with Gasteiger partial charge in [0.05, 0.1) is 0 Å². The first-order chi connectivity index (χ1) is 8.04. The fourth-order valence-corrected chi connectivity index (χ4v) is 1.25. The third kappa shape index (κ3) is 4.00. The molecule has 0 fully saturated rings. The maximum atomic E-state index is 11.7. The highest BCUT2D eigenvalue weighted by Crippen LogP contribution is 2.04. The molecule has 4 nitrogen and oxygen atoms in total. The first kappa shape index (κ1) is 13.4. The number of benzene rings is 1. The number of carbonyl (C=O) groups excluding carboxylic acids is 2. The maximum absolute atomic E-state index is 11.7. The van der Waals surface area contributed by atoms with Gasteiger partial charge in [0.25, 0.3) is 5.91 Å². The average Bonchev–Trinajstić information content (AvgIpc) is 2.35. The molecule has 2 N–H and O–H groups in total. The normalized spacial score (nSPS) is 11.9. The highest BCUT2D eigenvalue weighted by atomic mass is 16.3. The summed E-state index contributed by atoms with van der Waals surface area (Å²) < 4.78 is 0. The standard InChI is InChI=1S/C13H17NO3/c1-9-3-5-11(6-4-9)12(16)13(17)14-7-10(2)8-15/h3-6,10,15H,7-8H2,1-2H3,(H,14,17). The van der Waals surface area contributed by atoms with Gasteiger partial charge < -0.3 is 10.4 Å². The Labute approximate surface area is 101 Å². The highest BCUT2D eigenvalue weighted by molar-refractivity contribution is 6.42. The van der Waals surface area contributed by atoms with Gasteiger partial charge in [-0.25, -0.2) is 0 Å². The van der Waals surface area contributed by atoms with Crippen molar-refractivity contribution in [3.05, 3.63) is 35.4 Å². The molecule has 1 aromatic carbocycles. The predicted molar refractivity (Wildman–Crippen MR) is 64.8 cm³/mol. The third-order valence-corrected chi connectivity index (χ3v) is 2.44. The molecule has 0 bridgehead atoms. The number of hydrogen-bond donors (Lipinski definition) is 2. The molecule has 0 aliphatic rings. The van der Waals surface area contributed by atoms with Crippen LogP contribution in [0.25, 0.3) is 0 Å². The van der Waals surface area contributed by atoms with Gasteiger partial charge in [-0.2, -0.15) is 0 Å². The van der Waals surface area contributed by atoms with Gasteiger partial charge in [-0.1, -0.05) is 36.8 Å². The molecule has 0 heterocycles. The van der Waals surface area contributed by atoms with E-state index in [4.69, 9.17) is 5.11 Å². The van der Waals surface area contributed by atoms with Crippen LogP contribution in [0.4, 0.5) is 0 Å². The second-order valence-electron chi connectivity index (χ2n) is 4.19. The largest absolute Gasteiger partial charge is 0.396 e. The van der Waals surface area contributed by atoms with Crippen LogP contribution in [-0.2, 0) is 4.79 Å². The minimum absolute atomic E-state index is 0.0149. The second-order valence-corrected chi connectivity index (χ2v) is 4.19. The fraction of sp³-hybridized carbons (Fsp3) is 0.385. The fourth-order valence-electron chi connectivity index (χ4n) is 1.25. The first-order valence-corrected chi connectivity index (χ1v) is 5.54. The lowest BCUT2D eigenvalue weighted by Gasteiger charge is -2.08. The summed E-state index contributed by atoms with van der Waals surface area (Å²) in [5, 5.41) is 11.3. The monoisotopic (exact) mass is 235 g/mol. The molecule has 0 radical (unpaired) electrons. The van der Waals surface area contributed by atoms with Crippen LogP contribution in [0.3, 0.4) is 0 Å². The van der Waals surface area contributed by atoms with Crippen LogP contribution in [0.2, 0.25) is 0 Å². The van der Waals surface area contributed by atoms with Crippen molar-refractivity contribution in [1.82, 2.24) is 5.32 Å². The van der Waals surface area contributed by atoms with Crippen LogP contribution in [0.5, 0.6) is 0 Å². The smallest absolute Gasteiger partial charge is 0.292 e. The zero-order valence-corrected chi connectivity index (χ0v) is 10.1. The van der Waals surface area contributed by atoms with Gasteiger partial charge in [0, 0.05) is 18.7 Å². The van der Waals surface area contributed by atoms with E-state index in [1.807, 2.05) is 6.92 Å². The van der Waals surface area contributed by atoms with Gasteiger partial charge in [0.1, 0.15) is 0 Å². The Morgan fingerprint density at radius 2 is 1.88 bits per heavy atom. The Hall–Kier alpha value is -1.68. The number of hydrogen-bond acceptors (Lipinski definition) is 3. The molecule has 0 saturated carbocycles. The van der Waals surface area contributed by atoms with Gasteiger partial charge in [0.15, 0.2) is 0 Å². The number of ketones is 1. The summed E-state index contributed by atoms with van der Waals surface area (Å²) in [4.78, 5) is 23.2. The molecule has 17 heavy (non-hydrogen) atoms. The molecule has 1 rings (SSSR count). The van der Waals surface area contributed by atoms with Crippen LogP contribution < -0.4 is 5.32 Å². The van der Waals surface area contributed by atoms with Gasteiger partial charge in [0.2, 0.25) is 5.78 Å². The van der Waals surface area contributed by atoms with Crippen molar-refractivity contribution in [3.8, 4) is 0 Å². The number of Topliss-reactive ketones (excluding diaryl/α,β-unsaturated/α-hetero) is 1. The number of amides is 1. The Morgan fingerprint density at radius 3 is 2.41 bits per heavy atom. The van der Waals surface area contributed by atoms with E-state index < -0.39 is 11.7 Å². The molecule has 1 aromatic rings. The molecule has 4 heteroatoms. The number of aliphatic hydroxyl groups is 1. The Kier molecular flexibility index (Phi) is 4.84. The zero-order chi connectivity index (χ0) is 12.8. The number of aryl methyl sites for hydroxylation is 1. The molecule has 0 saturated heterocycles. The molecule has 1 atom stereocenters. The van der Waals surface area contributed by atoms with Crippen molar-refractivity contribution in [1.29, 1.82) is 0 Å². The van der Waals surface area contributed by atoms with Crippen LogP contribution in [0, 0.1) is 12.8 Å². The Morgan fingerprint density at radius 1 is 1.29 bits per heavy atom. The van der Waals surface area contributed by atoms with Crippen LogP contribution in [0.1, 0.15) is 22.8 Å². The number of aliphatic hydroxyl groups excluding tert-OH is 1. The minimum atomic E-state index is -0.630. The number of rotatable bonds is 5. The quantitative estimate of drug-likeness (QED) is 0.589. The van der Waals surface area contributed by atoms with E-state index in [-0.39, 0.29) is 12.5 Å². The van der Waals surface area contributed by atoms with E-state index in [1.165, 1.54) is 0 Å². The van der Waals surface area contributed by atoms with Crippen LogP contribution in [-0.4, -0.2) is 29.9 Å². The van der Waals surface area contributed by atoms with Crippen molar-refractivity contribution in [3.63, 3.8) is 0 Å². The highest BCUT2D eigenvalue weighted by Gasteiger charge is 2.16. The number of carbonyl (C=O) groups is 2. The van der Waals surface area contributed by atoms with Gasteiger partial charge >= 0.3 is 0 Å². The Bertz CT molecular complexity index is 398. The van der Waals surface area contributed by atoms with E-state index in [0.29, 0.717) is 12.1 Å². The SMILES string of the molecule is Cc1ccc(C(=O)C(=O)NCC(C)CO)cc1. The lowest BCUT2D eigenvalue weighted by Crippen LogP contribution is -2.34. The van der Waals surface area contributed by atoms with Crippen LogP contribution in [0.15, 0.2) is 24.3 Å². The molecular weight excluding hydrogens is 218 g/mol.